The van der Waals surface area contributed by atoms with Gasteiger partial charge in [0.05, 0.1) is 26.2 Å². The Morgan fingerprint density at radius 2 is 1.19 bits per heavy atom. The fourth-order valence-electron chi connectivity index (χ4n) is 3.53. The van der Waals surface area contributed by atoms with Crippen LogP contribution in [0.4, 0.5) is 11.5 Å². The van der Waals surface area contributed by atoms with Crippen LogP contribution in [0.25, 0.3) is 10.9 Å². The highest BCUT2D eigenvalue weighted by atomic mass is 16.5. The number of methoxy groups -OCH3 is 2. The van der Waals surface area contributed by atoms with Gasteiger partial charge in [-0.15, -0.1) is 0 Å². The summed E-state index contributed by atoms with van der Waals surface area (Å²) >= 11 is 0. The van der Waals surface area contributed by atoms with E-state index in [-0.39, 0.29) is 35.2 Å². The summed E-state index contributed by atoms with van der Waals surface area (Å²) in [6, 6.07) is 19.9. The molecule has 42 heavy (non-hydrogen) atoms. The molecule has 0 aliphatic heterocycles. The SMILES string of the molecule is COc1cc2ncnc(Nc3ccc(O)cc3)c2cc1OC.O=C(O)Cc1ccc(O)cc1.Oc1cc(O)cc(O)c1. The number of phenolic OH excluding ortho intramolecular Hbond substituents is 5. The molecular weight excluding hydrogens is 546 g/mol. The minimum absolute atomic E-state index is 0.000278. The molecule has 5 rings (SSSR count). The molecule has 0 radical (unpaired) electrons. The van der Waals surface area contributed by atoms with Gasteiger partial charge >= 0.3 is 5.97 Å². The molecule has 4 aromatic carbocycles. The number of carbonyl (C=O) groups is 1. The van der Waals surface area contributed by atoms with Crippen LogP contribution in [-0.2, 0) is 11.2 Å². The second kappa shape index (κ2) is 14.5. The first-order chi connectivity index (χ1) is 20.1. The van der Waals surface area contributed by atoms with Gasteiger partial charge in [-0.1, -0.05) is 12.1 Å². The predicted molar refractivity (Wildman–Crippen MR) is 155 cm³/mol. The number of aliphatic carboxylic acids is 1. The van der Waals surface area contributed by atoms with Gasteiger partial charge in [0.15, 0.2) is 11.5 Å². The van der Waals surface area contributed by atoms with Crippen LogP contribution in [-0.4, -0.2) is 60.8 Å². The van der Waals surface area contributed by atoms with Crippen molar-refractivity contribution in [3.8, 4) is 40.2 Å². The van der Waals surface area contributed by atoms with Crippen molar-refractivity contribution in [3.63, 3.8) is 0 Å². The summed E-state index contributed by atoms with van der Waals surface area (Å²) in [4.78, 5) is 18.7. The number of phenols is 5. The molecular formula is C30H29N3O9. The first kappa shape index (κ1) is 30.6. The number of hydrogen-bond acceptors (Lipinski definition) is 11. The van der Waals surface area contributed by atoms with Crippen LogP contribution < -0.4 is 14.8 Å². The van der Waals surface area contributed by atoms with E-state index in [1.165, 1.54) is 18.5 Å². The minimum atomic E-state index is -0.865. The largest absolute Gasteiger partial charge is 0.508 e. The Kier molecular flexibility index (Phi) is 10.6. The van der Waals surface area contributed by atoms with E-state index in [4.69, 9.17) is 35.0 Å². The van der Waals surface area contributed by atoms with Crippen molar-refractivity contribution in [1.29, 1.82) is 0 Å². The lowest BCUT2D eigenvalue weighted by atomic mass is 10.1. The van der Waals surface area contributed by atoms with E-state index >= 15 is 0 Å². The molecule has 12 nitrogen and oxygen atoms in total. The zero-order valence-electron chi connectivity index (χ0n) is 22.6. The molecule has 0 saturated carbocycles. The highest BCUT2D eigenvalue weighted by Gasteiger charge is 2.11. The zero-order valence-corrected chi connectivity index (χ0v) is 22.6. The predicted octanol–water partition coefficient (Wildman–Crippen LogP) is 4.92. The summed E-state index contributed by atoms with van der Waals surface area (Å²) in [5.41, 5.74) is 2.25. The number of nitrogens with zero attached hydrogens (tertiary/aromatic N) is 2. The molecule has 0 bridgehead atoms. The molecule has 1 aromatic heterocycles. The van der Waals surface area contributed by atoms with Gasteiger partial charge in [0.25, 0.3) is 0 Å². The van der Waals surface area contributed by atoms with E-state index in [1.807, 2.05) is 6.07 Å². The number of ether oxygens (including phenoxy) is 2. The Labute approximate surface area is 240 Å². The van der Waals surface area contributed by atoms with Gasteiger partial charge in [0, 0.05) is 35.3 Å². The van der Waals surface area contributed by atoms with Crippen LogP contribution >= 0.6 is 0 Å². The number of fused-ring (bicyclic) bond motifs is 1. The molecule has 1 heterocycles. The van der Waals surface area contributed by atoms with Crippen LogP contribution in [0.15, 0.2) is 85.2 Å². The molecule has 12 heteroatoms. The number of rotatable bonds is 6. The quantitative estimate of drug-likeness (QED) is 0.135. The summed E-state index contributed by atoms with van der Waals surface area (Å²) in [5, 5.41) is 56.6. The van der Waals surface area contributed by atoms with Crippen molar-refractivity contribution in [2.45, 2.75) is 6.42 Å². The zero-order chi connectivity index (χ0) is 30.6. The van der Waals surface area contributed by atoms with Crippen molar-refractivity contribution >= 4 is 28.4 Å². The van der Waals surface area contributed by atoms with Gasteiger partial charge in [-0.2, -0.15) is 0 Å². The topological polar surface area (TPSA) is 195 Å². The summed E-state index contributed by atoms with van der Waals surface area (Å²) in [5.74, 6) is 0.936. The highest BCUT2D eigenvalue weighted by molar-refractivity contribution is 5.93. The van der Waals surface area contributed by atoms with Crippen LogP contribution in [0.1, 0.15) is 5.56 Å². The summed E-state index contributed by atoms with van der Waals surface area (Å²) < 4.78 is 10.6. The normalized spacial score (nSPS) is 9.95. The van der Waals surface area contributed by atoms with Gasteiger partial charge in [0.2, 0.25) is 0 Å². The maximum Gasteiger partial charge on any atom is 0.307 e. The molecule has 218 valence electrons. The average Bonchev–Trinajstić information content (AvgIpc) is 2.94. The number of hydrogen-bond donors (Lipinski definition) is 7. The van der Waals surface area contributed by atoms with Crippen LogP contribution in [0, 0.1) is 0 Å². The number of benzene rings is 4. The number of carboxylic acids is 1. The molecule has 0 unspecified atom stereocenters. The summed E-state index contributed by atoms with van der Waals surface area (Å²) in [7, 11) is 3.17. The fourth-order valence-corrected chi connectivity index (χ4v) is 3.53. The van der Waals surface area contributed by atoms with Gasteiger partial charge in [0.1, 0.15) is 40.9 Å². The first-order valence-electron chi connectivity index (χ1n) is 12.2. The molecule has 0 atom stereocenters. The molecule has 0 spiro atoms. The molecule has 0 fully saturated rings. The Balaban J connectivity index is 0.000000201. The third kappa shape index (κ3) is 9.09. The number of nitrogens with one attached hydrogen (secondary N) is 1. The Hall–Kier alpha value is -5.91. The average molecular weight is 576 g/mol. The fraction of sp³-hybridized carbons (Fsp3) is 0.100. The first-order valence-corrected chi connectivity index (χ1v) is 12.2. The Morgan fingerprint density at radius 3 is 1.69 bits per heavy atom. The van der Waals surface area contributed by atoms with E-state index in [1.54, 1.807) is 56.7 Å². The number of aromatic hydroxyl groups is 5. The van der Waals surface area contributed by atoms with Crippen molar-refractivity contribution in [1.82, 2.24) is 9.97 Å². The monoisotopic (exact) mass is 575 g/mol. The van der Waals surface area contributed by atoms with E-state index in [0.29, 0.717) is 22.9 Å². The Bertz CT molecular complexity index is 1580. The van der Waals surface area contributed by atoms with Crippen molar-refractivity contribution in [3.05, 3.63) is 90.8 Å². The standard InChI is InChI=1S/C16H15N3O3.C8H8O3.C6H6O3/c1-21-14-7-12-13(8-15(14)22-2)17-9-18-16(12)19-10-3-5-11(20)6-4-10;9-7-3-1-6(2-4-7)5-8(10)11;7-4-1-5(8)3-6(9)2-4/h3-9,20H,1-2H3,(H,17,18,19);1-4,9H,5H2,(H,10,11);1-3,7-9H. The van der Waals surface area contributed by atoms with Gasteiger partial charge in [-0.3, -0.25) is 4.79 Å². The van der Waals surface area contributed by atoms with Gasteiger partial charge in [-0.05, 0) is 48.0 Å². The lowest BCUT2D eigenvalue weighted by Gasteiger charge is -2.12. The lowest BCUT2D eigenvalue weighted by molar-refractivity contribution is -0.136. The summed E-state index contributed by atoms with van der Waals surface area (Å²) in [6.45, 7) is 0. The smallest absolute Gasteiger partial charge is 0.307 e. The highest BCUT2D eigenvalue weighted by Crippen LogP contribution is 2.34. The second-order valence-electron chi connectivity index (χ2n) is 8.56. The molecule has 0 saturated heterocycles. The van der Waals surface area contributed by atoms with E-state index in [2.05, 4.69) is 15.3 Å². The number of anilines is 2. The van der Waals surface area contributed by atoms with Crippen LogP contribution in [0.3, 0.4) is 0 Å². The molecule has 7 N–H and O–H groups in total. The molecule has 0 amide bonds. The maximum absolute atomic E-state index is 10.2. The molecule has 0 aliphatic carbocycles. The van der Waals surface area contributed by atoms with Crippen molar-refractivity contribution in [2.75, 3.05) is 19.5 Å². The number of aromatic nitrogens is 2. The third-order valence-corrected chi connectivity index (χ3v) is 5.45. The van der Waals surface area contributed by atoms with Crippen LogP contribution in [0.5, 0.6) is 40.2 Å². The lowest BCUT2D eigenvalue weighted by Crippen LogP contribution is -1.98. The van der Waals surface area contributed by atoms with Crippen LogP contribution in [0.2, 0.25) is 0 Å². The summed E-state index contributed by atoms with van der Waals surface area (Å²) in [6.07, 6.45) is 1.48. The Morgan fingerprint density at radius 1 is 0.690 bits per heavy atom. The second-order valence-corrected chi connectivity index (χ2v) is 8.56. The van der Waals surface area contributed by atoms with Gasteiger partial charge < -0.3 is 45.4 Å². The maximum atomic E-state index is 10.2. The molecule has 5 aromatic rings. The minimum Gasteiger partial charge on any atom is -0.508 e. The van der Waals surface area contributed by atoms with E-state index < -0.39 is 5.97 Å². The third-order valence-electron chi connectivity index (χ3n) is 5.45. The van der Waals surface area contributed by atoms with Crippen molar-refractivity contribution < 1.29 is 44.9 Å². The van der Waals surface area contributed by atoms with Crippen molar-refractivity contribution in [2.24, 2.45) is 0 Å². The van der Waals surface area contributed by atoms with E-state index in [9.17, 15) is 9.90 Å². The molecule has 0 aliphatic rings. The number of carboxylic acid groups (broad SMARTS) is 1. The van der Waals surface area contributed by atoms with E-state index in [0.717, 1.165) is 34.8 Å². The van der Waals surface area contributed by atoms with Gasteiger partial charge in [-0.25, -0.2) is 9.97 Å².